The SMILES string of the molecule is O=C(NC(c1ccccc1)C1CC1)c1cnccc1Cl. The van der Waals surface area contributed by atoms with Crippen molar-refractivity contribution in [3.05, 3.63) is 64.9 Å². The highest BCUT2D eigenvalue weighted by Crippen LogP contribution is 2.41. The lowest BCUT2D eigenvalue weighted by molar-refractivity contribution is 0.0931. The zero-order chi connectivity index (χ0) is 13.9. The van der Waals surface area contributed by atoms with E-state index in [4.69, 9.17) is 11.6 Å². The molecule has 1 fully saturated rings. The molecule has 0 bridgehead atoms. The summed E-state index contributed by atoms with van der Waals surface area (Å²) in [6, 6.07) is 11.8. The quantitative estimate of drug-likeness (QED) is 0.933. The number of nitrogens with one attached hydrogen (secondary N) is 1. The number of rotatable bonds is 4. The molecule has 1 aliphatic rings. The zero-order valence-electron chi connectivity index (χ0n) is 10.9. The van der Waals surface area contributed by atoms with Crippen LogP contribution in [0.2, 0.25) is 5.02 Å². The van der Waals surface area contributed by atoms with E-state index in [-0.39, 0.29) is 11.9 Å². The molecule has 102 valence electrons. The summed E-state index contributed by atoms with van der Waals surface area (Å²) in [7, 11) is 0. The number of pyridine rings is 1. The first-order valence-electron chi connectivity index (χ1n) is 6.71. The van der Waals surface area contributed by atoms with E-state index in [1.54, 1.807) is 12.3 Å². The maximum Gasteiger partial charge on any atom is 0.254 e. The largest absolute Gasteiger partial charge is 0.345 e. The van der Waals surface area contributed by atoms with Crippen molar-refractivity contribution >= 4 is 17.5 Å². The van der Waals surface area contributed by atoms with E-state index in [0.717, 1.165) is 18.4 Å². The first kappa shape index (κ1) is 13.1. The molecule has 1 aromatic carbocycles. The van der Waals surface area contributed by atoms with E-state index in [0.29, 0.717) is 16.5 Å². The lowest BCUT2D eigenvalue weighted by Gasteiger charge is -2.19. The Morgan fingerprint density at radius 1 is 1.25 bits per heavy atom. The van der Waals surface area contributed by atoms with Crippen molar-refractivity contribution in [1.29, 1.82) is 0 Å². The van der Waals surface area contributed by atoms with Crippen LogP contribution in [0.5, 0.6) is 0 Å². The molecule has 0 spiro atoms. The van der Waals surface area contributed by atoms with Crippen LogP contribution in [0.4, 0.5) is 0 Å². The first-order valence-corrected chi connectivity index (χ1v) is 7.09. The van der Waals surface area contributed by atoms with Gasteiger partial charge >= 0.3 is 0 Å². The molecular formula is C16H15ClN2O. The van der Waals surface area contributed by atoms with E-state index >= 15 is 0 Å². The molecule has 1 amide bonds. The van der Waals surface area contributed by atoms with Gasteiger partial charge in [0.1, 0.15) is 0 Å². The van der Waals surface area contributed by atoms with E-state index in [9.17, 15) is 4.79 Å². The van der Waals surface area contributed by atoms with Crippen LogP contribution in [0.3, 0.4) is 0 Å². The summed E-state index contributed by atoms with van der Waals surface area (Å²) >= 11 is 6.04. The summed E-state index contributed by atoms with van der Waals surface area (Å²) in [5, 5.41) is 3.52. The number of carbonyl (C=O) groups is 1. The molecule has 1 aromatic heterocycles. The second-order valence-electron chi connectivity index (χ2n) is 5.05. The third-order valence-corrected chi connectivity index (χ3v) is 3.88. The molecule has 0 aliphatic heterocycles. The second kappa shape index (κ2) is 5.63. The number of carbonyl (C=O) groups excluding carboxylic acids is 1. The van der Waals surface area contributed by atoms with Gasteiger partial charge in [-0.3, -0.25) is 9.78 Å². The van der Waals surface area contributed by atoms with Crippen molar-refractivity contribution in [3.63, 3.8) is 0 Å². The predicted molar refractivity (Wildman–Crippen MR) is 78.6 cm³/mol. The standard InChI is InChI=1S/C16H15ClN2O/c17-14-8-9-18-10-13(14)16(20)19-15(12-6-7-12)11-4-2-1-3-5-11/h1-5,8-10,12,15H,6-7H2,(H,19,20). The fourth-order valence-electron chi connectivity index (χ4n) is 2.33. The van der Waals surface area contributed by atoms with Gasteiger partial charge in [0.25, 0.3) is 5.91 Å². The van der Waals surface area contributed by atoms with Crippen LogP contribution in [0.1, 0.15) is 34.8 Å². The van der Waals surface area contributed by atoms with Gasteiger partial charge in [-0.05, 0) is 30.4 Å². The Hall–Kier alpha value is -1.87. The summed E-state index contributed by atoms with van der Waals surface area (Å²) in [6.07, 6.45) is 5.39. The minimum atomic E-state index is -0.163. The van der Waals surface area contributed by atoms with E-state index in [2.05, 4.69) is 10.3 Å². The molecule has 1 heterocycles. The van der Waals surface area contributed by atoms with Gasteiger partial charge in [-0.2, -0.15) is 0 Å². The van der Waals surface area contributed by atoms with Gasteiger partial charge in [0.15, 0.2) is 0 Å². The molecule has 3 nitrogen and oxygen atoms in total. The van der Waals surface area contributed by atoms with Gasteiger partial charge in [-0.25, -0.2) is 0 Å². The summed E-state index contributed by atoms with van der Waals surface area (Å²) < 4.78 is 0. The average Bonchev–Trinajstić information content (AvgIpc) is 3.30. The highest BCUT2D eigenvalue weighted by molar-refractivity contribution is 6.33. The Morgan fingerprint density at radius 2 is 2.00 bits per heavy atom. The van der Waals surface area contributed by atoms with Gasteiger partial charge in [-0.15, -0.1) is 0 Å². The molecule has 2 aromatic rings. The van der Waals surface area contributed by atoms with Crippen molar-refractivity contribution in [2.75, 3.05) is 0 Å². The maximum atomic E-state index is 12.3. The number of amides is 1. The smallest absolute Gasteiger partial charge is 0.254 e. The van der Waals surface area contributed by atoms with Crippen LogP contribution >= 0.6 is 11.6 Å². The van der Waals surface area contributed by atoms with Crippen LogP contribution in [0.25, 0.3) is 0 Å². The minimum Gasteiger partial charge on any atom is -0.345 e. The Labute approximate surface area is 123 Å². The predicted octanol–water partition coefficient (Wildman–Crippen LogP) is 3.62. The normalized spacial score (nSPS) is 15.7. The van der Waals surface area contributed by atoms with Crippen LogP contribution in [0, 0.1) is 5.92 Å². The second-order valence-corrected chi connectivity index (χ2v) is 5.46. The molecule has 4 heteroatoms. The summed E-state index contributed by atoms with van der Waals surface area (Å²) in [4.78, 5) is 16.3. The van der Waals surface area contributed by atoms with Crippen LogP contribution in [-0.4, -0.2) is 10.9 Å². The van der Waals surface area contributed by atoms with Gasteiger partial charge in [0.2, 0.25) is 0 Å². The third-order valence-electron chi connectivity index (χ3n) is 3.55. The Morgan fingerprint density at radius 3 is 2.65 bits per heavy atom. The summed E-state index contributed by atoms with van der Waals surface area (Å²) in [5.41, 5.74) is 1.57. The first-order chi connectivity index (χ1) is 9.75. The monoisotopic (exact) mass is 286 g/mol. The number of nitrogens with zero attached hydrogens (tertiary/aromatic N) is 1. The van der Waals surface area contributed by atoms with E-state index in [1.165, 1.54) is 6.20 Å². The molecule has 0 saturated heterocycles. The van der Waals surface area contributed by atoms with E-state index in [1.807, 2.05) is 30.3 Å². The van der Waals surface area contributed by atoms with Gasteiger partial charge in [-0.1, -0.05) is 41.9 Å². The molecule has 1 saturated carbocycles. The minimum absolute atomic E-state index is 0.0555. The van der Waals surface area contributed by atoms with Gasteiger partial charge in [0.05, 0.1) is 16.6 Å². The van der Waals surface area contributed by atoms with Crippen molar-refractivity contribution in [2.45, 2.75) is 18.9 Å². The van der Waals surface area contributed by atoms with Gasteiger partial charge in [0, 0.05) is 12.4 Å². The molecule has 0 radical (unpaired) electrons. The topological polar surface area (TPSA) is 42.0 Å². The van der Waals surface area contributed by atoms with Crippen LogP contribution in [-0.2, 0) is 0 Å². The molecule has 1 atom stereocenters. The Balaban J connectivity index is 1.81. The van der Waals surface area contributed by atoms with Crippen molar-refractivity contribution in [1.82, 2.24) is 10.3 Å². The van der Waals surface area contributed by atoms with Crippen molar-refractivity contribution in [3.8, 4) is 0 Å². The fourth-order valence-corrected chi connectivity index (χ4v) is 2.52. The molecule has 20 heavy (non-hydrogen) atoms. The average molecular weight is 287 g/mol. The molecular weight excluding hydrogens is 272 g/mol. The fraction of sp³-hybridized carbons (Fsp3) is 0.250. The van der Waals surface area contributed by atoms with E-state index < -0.39 is 0 Å². The lowest BCUT2D eigenvalue weighted by Crippen LogP contribution is -2.30. The number of aromatic nitrogens is 1. The molecule has 1 unspecified atom stereocenters. The summed E-state index contributed by atoms with van der Waals surface area (Å²) in [5.74, 6) is 0.362. The number of hydrogen-bond acceptors (Lipinski definition) is 2. The highest BCUT2D eigenvalue weighted by Gasteiger charge is 2.33. The number of benzene rings is 1. The maximum absolute atomic E-state index is 12.3. The molecule has 3 rings (SSSR count). The van der Waals surface area contributed by atoms with Crippen LogP contribution in [0.15, 0.2) is 48.8 Å². The Bertz CT molecular complexity index is 611. The third kappa shape index (κ3) is 2.83. The Kier molecular flexibility index (Phi) is 3.70. The van der Waals surface area contributed by atoms with Crippen molar-refractivity contribution in [2.24, 2.45) is 5.92 Å². The summed E-state index contributed by atoms with van der Waals surface area (Å²) in [6.45, 7) is 0. The van der Waals surface area contributed by atoms with Gasteiger partial charge < -0.3 is 5.32 Å². The zero-order valence-corrected chi connectivity index (χ0v) is 11.7. The number of hydrogen-bond donors (Lipinski definition) is 1. The van der Waals surface area contributed by atoms with Crippen molar-refractivity contribution < 1.29 is 4.79 Å². The lowest BCUT2D eigenvalue weighted by atomic mass is 10.0. The highest BCUT2D eigenvalue weighted by atomic mass is 35.5. The van der Waals surface area contributed by atoms with Crippen LogP contribution < -0.4 is 5.32 Å². The number of halogens is 1. The molecule has 1 N–H and O–H groups in total. The molecule has 1 aliphatic carbocycles.